The standard InChI is InChI=1S/C29H32O4/c1-28(2,3)22-14-18(15-23(25(22)30)29(4,5)6)24-17(16-32-7)12-13-20-19-10-8-9-11-21(19)27(31)33-26(20)24/h8-15,30H,16H2,1-7H3. The molecule has 0 amide bonds. The first kappa shape index (κ1) is 23.1. The van der Waals surface area contributed by atoms with Gasteiger partial charge in [0.05, 0.1) is 12.0 Å². The number of methoxy groups -OCH3 is 1. The van der Waals surface area contributed by atoms with Crippen molar-refractivity contribution in [2.24, 2.45) is 0 Å². The Labute approximate surface area is 194 Å². The van der Waals surface area contributed by atoms with Gasteiger partial charge in [-0.1, -0.05) is 71.9 Å². The van der Waals surface area contributed by atoms with Crippen LogP contribution in [0.5, 0.6) is 5.75 Å². The highest BCUT2D eigenvalue weighted by Gasteiger charge is 2.28. The Kier molecular flexibility index (Phi) is 5.61. The van der Waals surface area contributed by atoms with Crippen LogP contribution >= 0.6 is 0 Å². The fourth-order valence-electron chi connectivity index (χ4n) is 4.50. The number of benzene rings is 3. The molecule has 4 rings (SSSR count). The van der Waals surface area contributed by atoms with E-state index in [2.05, 4.69) is 41.5 Å². The van der Waals surface area contributed by atoms with Gasteiger partial charge in [0, 0.05) is 29.2 Å². The van der Waals surface area contributed by atoms with Crippen molar-refractivity contribution in [1.82, 2.24) is 0 Å². The zero-order chi connectivity index (χ0) is 24.1. The van der Waals surface area contributed by atoms with E-state index in [1.165, 1.54) is 0 Å². The highest BCUT2D eigenvalue weighted by Crippen LogP contribution is 2.44. The average molecular weight is 445 g/mol. The minimum Gasteiger partial charge on any atom is -0.507 e. The summed E-state index contributed by atoms with van der Waals surface area (Å²) in [6, 6.07) is 15.6. The number of hydrogen-bond donors (Lipinski definition) is 1. The second-order valence-electron chi connectivity index (χ2n) is 10.8. The van der Waals surface area contributed by atoms with E-state index < -0.39 is 0 Å². The first-order valence-electron chi connectivity index (χ1n) is 11.3. The third-order valence-electron chi connectivity index (χ3n) is 6.19. The lowest BCUT2D eigenvalue weighted by atomic mass is 9.77. The van der Waals surface area contributed by atoms with Crippen molar-refractivity contribution >= 4 is 21.7 Å². The van der Waals surface area contributed by atoms with Crippen LogP contribution in [0.4, 0.5) is 0 Å². The molecule has 4 nitrogen and oxygen atoms in total. The lowest BCUT2D eigenvalue weighted by Gasteiger charge is -2.28. The molecule has 0 saturated carbocycles. The van der Waals surface area contributed by atoms with Gasteiger partial charge < -0.3 is 14.3 Å². The van der Waals surface area contributed by atoms with Crippen LogP contribution in [0, 0.1) is 0 Å². The van der Waals surface area contributed by atoms with Crippen molar-refractivity contribution in [3.8, 4) is 16.9 Å². The highest BCUT2D eigenvalue weighted by molar-refractivity contribution is 6.09. The third-order valence-corrected chi connectivity index (χ3v) is 6.19. The van der Waals surface area contributed by atoms with Crippen LogP contribution in [0.3, 0.4) is 0 Å². The van der Waals surface area contributed by atoms with E-state index in [1.807, 2.05) is 42.5 Å². The molecule has 172 valence electrons. The summed E-state index contributed by atoms with van der Waals surface area (Å²) in [5, 5.41) is 13.5. The SMILES string of the molecule is COCc1ccc2c(oc(=O)c3ccccc32)c1-c1cc(C(C)(C)C)c(O)c(C(C)(C)C)c1. The van der Waals surface area contributed by atoms with Gasteiger partial charge in [0.15, 0.2) is 0 Å². The molecule has 0 aliphatic carbocycles. The Morgan fingerprint density at radius 3 is 1.97 bits per heavy atom. The minimum absolute atomic E-state index is 0.278. The molecule has 33 heavy (non-hydrogen) atoms. The molecule has 0 aliphatic heterocycles. The number of phenols is 1. The van der Waals surface area contributed by atoms with E-state index in [9.17, 15) is 9.90 Å². The van der Waals surface area contributed by atoms with Crippen molar-refractivity contribution in [1.29, 1.82) is 0 Å². The molecule has 0 unspecified atom stereocenters. The maximum Gasteiger partial charge on any atom is 0.344 e. The molecule has 4 heteroatoms. The summed E-state index contributed by atoms with van der Waals surface area (Å²) in [6.45, 7) is 12.9. The van der Waals surface area contributed by atoms with Gasteiger partial charge in [0.2, 0.25) is 0 Å². The van der Waals surface area contributed by atoms with Gasteiger partial charge in [-0.25, -0.2) is 4.79 Å². The van der Waals surface area contributed by atoms with Gasteiger partial charge >= 0.3 is 5.63 Å². The predicted octanol–water partition coefficient (Wildman–Crippen LogP) is 7.06. The lowest BCUT2D eigenvalue weighted by Crippen LogP contribution is -2.17. The molecule has 1 heterocycles. The van der Waals surface area contributed by atoms with Gasteiger partial charge in [0.1, 0.15) is 11.3 Å². The Hall–Kier alpha value is -3.11. The molecular weight excluding hydrogens is 412 g/mol. The Morgan fingerprint density at radius 1 is 0.848 bits per heavy atom. The van der Waals surface area contributed by atoms with Crippen molar-refractivity contribution in [3.05, 3.63) is 75.6 Å². The fraction of sp³-hybridized carbons (Fsp3) is 0.345. The van der Waals surface area contributed by atoms with Crippen LogP contribution in [-0.2, 0) is 22.2 Å². The summed E-state index contributed by atoms with van der Waals surface area (Å²) in [5.74, 6) is 0.319. The van der Waals surface area contributed by atoms with E-state index in [0.717, 1.165) is 38.6 Å². The van der Waals surface area contributed by atoms with E-state index in [-0.39, 0.29) is 16.5 Å². The molecule has 0 radical (unpaired) electrons. The maximum absolute atomic E-state index is 12.9. The van der Waals surface area contributed by atoms with Crippen molar-refractivity contribution in [2.45, 2.75) is 59.0 Å². The summed E-state index contributed by atoms with van der Waals surface area (Å²) in [5.41, 5.74) is 3.99. The van der Waals surface area contributed by atoms with Gasteiger partial charge in [-0.15, -0.1) is 0 Å². The van der Waals surface area contributed by atoms with Crippen LogP contribution < -0.4 is 5.63 Å². The van der Waals surface area contributed by atoms with Crippen LogP contribution in [-0.4, -0.2) is 12.2 Å². The normalized spacial score (nSPS) is 12.6. The number of fused-ring (bicyclic) bond motifs is 3. The molecule has 0 fully saturated rings. The number of hydrogen-bond acceptors (Lipinski definition) is 4. The zero-order valence-electron chi connectivity index (χ0n) is 20.5. The molecule has 3 aromatic carbocycles. The van der Waals surface area contributed by atoms with E-state index >= 15 is 0 Å². The van der Waals surface area contributed by atoms with Crippen LogP contribution in [0.1, 0.15) is 58.2 Å². The van der Waals surface area contributed by atoms with Gasteiger partial charge in [-0.3, -0.25) is 0 Å². The summed E-state index contributed by atoms with van der Waals surface area (Å²) in [4.78, 5) is 12.9. The summed E-state index contributed by atoms with van der Waals surface area (Å²) in [6.07, 6.45) is 0. The average Bonchev–Trinajstić information content (AvgIpc) is 2.73. The van der Waals surface area contributed by atoms with Gasteiger partial charge in [-0.05, 0) is 45.5 Å². The summed E-state index contributed by atoms with van der Waals surface area (Å²) in [7, 11) is 1.66. The van der Waals surface area contributed by atoms with Gasteiger partial charge in [-0.2, -0.15) is 0 Å². The largest absolute Gasteiger partial charge is 0.507 e. The fourth-order valence-corrected chi connectivity index (χ4v) is 4.50. The van der Waals surface area contributed by atoms with E-state index in [1.54, 1.807) is 13.2 Å². The van der Waals surface area contributed by atoms with Crippen LogP contribution in [0.15, 0.2) is 57.7 Å². The molecule has 1 N–H and O–H groups in total. The second kappa shape index (κ2) is 8.03. The molecule has 0 aliphatic rings. The molecular formula is C29H32O4. The molecule has 0 atom stereocenters. The van der Waals surface area contributed by atoms with E-state index in [0.29, 0.717) is 23.3 Å². The number of ether oxygens (including phenoxy) is 1. The summed E-state index contributed by atoms with van der Waals surface area (Å²) < 4.78 is 11.5. The van der Waals surface area contributed by atoms with Crippen molar-refractivity contribution in [3.63, 3.8) is 0 Å². The van der Waals surface area contributed by atoms with E-state index in [4.69, 9.17) is 9.15 Å². The van der Waals surface area contributed by atoms with Crippen LogP contribution in [0.2, 0.25) is 0 Å². The topological polar surface area (TPSA) is 59.7 Å². The Bertz CT molecular complexity index is 1380. The summed E-state index contributed by atoms with van der Waals surface area (Å²) >= 11 is 0. The molecule has 0 spiro atoms. The maximum atomic E-state index is 12.9. The minimum atomic E-state index is -0.361. The molecule has 4 aromatic rings. The Balaban J connectivity index is 2.19. The number of rotatable bonds is 3. The highest BCUT2D eigenvalue weighted by atomic mass is 16.5. The smallest absolute Gasteiger partial charge is 0.344 e. The molecule has 0 bridgehead atoms. The van der Waals surface area contributed by atoms with Crippen molar-refractivity contribution < 1.29 is 14.3 Å². The number of aromatic hydroxyl groups is 1. The monoisotopic (exact) mass is 444 g/mol. The third kappa shape index (κ3) is 4.04. The first-order chi connectivity index (χ1) is 15.4. The zero-order valence-corrected chi connectivity index (χ0v) is 20.5. The Morgan fingerprint density at radius 2 is 1.42 bits per heavy atom. The first-order valence-corrected chi connectivity index (χ1v) is 11.3. The molecule has 0 saturated heterocycles. The lowest BCUT2D eigenvalue weighted by molar-refractivity contribution is 0.185. The number of phenolic OH excluding ortho intramolecular Hbond substituents is 1. The predicted molar refractivity (Wildman–Crippen MR) is 135 cm³/mol. The van der Waals surface area contributed by atoms with Crippen molar-refractivity contribution in [2.75, 3.05) is 7.11 Å². The van der Waals surface area contributed by atoms with Gasteiger partial charge in [0.25, 0.3) is 0 Å². The quantitative estimate of drug-likeness (QED) is 0.271. The van der Waals surface area contributed by atoms with Crippen LogP contribution in [0.25, 0.3) is 32.9 Å². The second-order valence-corrected chi connectivity index (χ2v) is 10.8. The molecule has 1 aromatic heterocycles.